The van der Waals surface area contributed by atoms with Crippen LogP contribution in [0.1, 0.15) is 13.8 Å². The molecule has 0 aliphatic rings. The first-order chi connectivity index (χ1) is 6.83. The molecule has 0 fully saturated rings. The molecule has 0 amide bonds. The smallest absolute Gasteiger partial charge is 0.338 e. The number of esters is 1. The molecule has 0 aromatic carbocycles. The van der Waals surface area contributed by atoms with Gasteiger partial charge in [-0.2, -0.15) is 5.26 Å². The van der Waals surface area contributed by atoms with Crippen LogP contribution in [0.15, 0.2) is 0 Å². The van der Waals surface area contributed by atoms with Crippen molar-refractivity contribution in [1.29, 1.82) is 5.26 Å². The zero-order valence-corrected chi connectivity index (χ0v) is 9.65. The second-order valence-electron chi connectivity index (χ2n) is 3.99. The predicted molar refractivity (Wildman–Crippen MR) is 54.9 cm³/mol. The molecule has 5 nitrogen and oxygen atoms in total. The van der Waals surface area contributed by atoms with Gasteiger partial charge in [0.25, 0.3) is 0 Å². The van der Waals surface area contributed by atoms with Crippen molar-refractivity contribution < 1.29 is 14.6 Å². The van der Waals surface area contributed by atoms with Crippen LogP contribution in [-0.2, 0) is 9.53 Å². The third-order valence-corrected chi connectivity index (χ3v) is 2.01. The van der Waals surface area contributed by atoms with E-state index in [9.17, 15) is 9.90 Å². The molecule has 5 heteroatoms. The van der Waals surface area contributed by atoms with Crippen molar-refractivity contribution in [1.82, 2.24) is 4.90 Å². The number of hydrogen-bond donors (Lipinski definition) is 1. The zero-order valence-electron chi connectivity index (χ0n) is 9.65. The minimum atomic E-state index is -1.53. The molecule has 0 aliphatic carbocycles. The fourth-order valence-electron chi connectivity index (χ4n) is 1.38. The van der Waals surface area contributed by atoms with Crippen molar-refractivity contribution in [2.75, 3.05) is 27.2 Å². The monoisotopic (exact) mass is 214 g/mol. The second-order valence-corrected chi connectivity index (χ2v) is 3.99. The van der Waals surface area contributed by atoms with Gasteiger partial charge in [-0.3, -0.25) is 0 Å². The van der Waals surface area contributed by atoms with Crippen LogP contribution in [0, 0.1) is 17.2 Å². The molecule has 0 saturated carbocycles. The van der Waals surface area contributed by atoms with E-state index >= 15 is 0 Å². The van der Waals surface area contributed by atoms with Gasteiger partial charge in [0.15, 0.2) is 5.60 Å². The van der Waals surface area contributed by atoms with Crippen molar-refractivity contribution in [3.63, 3.8) is 0 Å². The number of ether oxygens (including phenoxy) is 1. The van der Waals surface area contributed by atoms with Gasteiger partial charge in [-0.25, -0.2) is 4.79 Å². The lowest BCUT2D eigenvalue weighted by atomic mass is 10.1. The molecule has 0 heterocycles. The lowest BCUT2D eigenvalue weighted by Crippen LogP contribution is -2.47. The maximum Gasteiger partial charge on any atom is 0.338 e. The molecule has 0 aromatic heterocycles. The fourth-order valence-corrected chi connectivity index (χ4v) is 1.38. The number of likely N-dealkylation sites (N-methyl/N-ethyl adjacent to an activating group) is 1. The molecule has 86 valence electrons. The van der Waals surface area contributed by atoms with Gasteiger partial charge in [-0.1, -0.05) is 0 Å². The van der Waals surface area contributed by atoms with Crippen LogP contribution in [0.3, 0.4) is 0 Å². The van der Waals surface area contributed by atoms with Crippen LogP contribution < -0.4 is 0 Å². The molecule has 2 atom stereocenters. The number of nitriles is 1. The Morgan fingerprint density at radius 1 is 1.73 bits per heavy atom. The fraction of sp³-hybridized carbons (Fsp3) is 0.800. The quantitative estimate of drug-likeness (QED) is 0.652. The van der Waals surface area contributed by atoms with Crippen LogP contribution in [0.5, 0.6) is 0 Å². The standard InChI is InChI=1S/C10H18N2O3/c1-8(5-11)6-12(3)7-10(2,14)9(13)15-4/h8,14H,6-7H2,1-4H3. The van der Waals surface area contributed by atoms with Gasteiger partial charge >= 0.3 is 5.97 Å². The SMILES string of the molecule is COC(=O)C(C)(O)CN(C)CC(C)C#N. The Bertz CT molecular complexity index is 258. The van der Waals surface area contributed by atoms with Gasteiger partial charge in [-0.05, 0) is 20.9 Å². The Morgan fingerprint density at radius 3 is 2.67 bits per heavy atom. The van der Waals surface area contributed by atoms with E-state index in [0.29, 0.717) is 6.54 Å². The molecule has 15 heavy (non-hydrogen) atoms. The number of methoxy groups -OCH3 is 1. The van der Waals surface area contributed by atoms with E-state index in [0.717, 1.165) is 0 Å². The third kappa shape index (κ3) is 4.77. The molecule has 0 radical (unpaired) electrons. The predicted octanol–water partition coefficient (Wildman–Crippen LogP) is 0.00188. The number of aliphatic hydroxyl groups is 1. The summed E-state index contributed by atoms with van der Waals surface area (Å²) in [5, 5.41) is 18.3. The van der Waals surface area contributed by atoms with Gasteiger partial charge < -0.3 is 14.7 Å². The topological polar surface area (TPSA) is 73.6 Å². The largest absolute Gasteiger partial charge is 0.467 e. The Morgan fingerprint density at radius 2 is 2.27 bits per heavy atom. The van der Waals surface area contributed by atoms with Gasteiger partial charge in [0, 0.05) is 13.1 Å². The lowest BCUT2D eigenvalue weighted by Gasteiger charge is -2.27. The van der Waals surface area contributed by atoms with Gasteiger partial charge in [0.05, 0.1) is 19.1 Å². The number of hydrogen-bond acceptors (Lipinski definition) is 5. The Labute approximate surface area is 90.2 Å². The van der Waals surface area contributed by atoms with Gasteiger partial charge in [-0.15, -0.1) is 0 Å². The van der Waals surface area contributed by atoms with Crippen LogP contribution in [0.2, 0.25) is 0 Å². The summed E-state index contributed by atoms with van der Waals surface area (Å²) in [5.41, 5.74) is -1.53. The summed E-state index contributed by atoms with van der Waals surface area (Å²) in [4.78, 5) is 12.9. The van der Waals surface area contributed by atoms with Crippen molar-refractivity contribution in [2.24, 2.45) is 5.92 Å². The molecule has 0 aromatic rings. The highest BCUT2D eigenvalue weighted by Gasteiger charge is 2.32. The van der Waals surface area contributed by atoms with Crippen molar-refractivity contribution in [2.45, 2.75) is 19.4 Å². The summed E-state index contributed by atoms with van der Waals surface area (Å²) in [6.07, 6.45) is 0. The summed E-state index contributed by atoms with van der Waals surface area (Å²) in [5.74, 6) is -0.803. The van der Waals surface area contributed by atoms with Crippen LogP contribution >= 0.6 is 0 Å². The van der Waals surface area contributed by atoms with E-state index < -0.39 is 11.6 Å². The summed E-state index contributed by atoms with van der Waals surface area (Å²) >= 11 is 0. The lowest BCUT2D eigenvalue weighted by molar-refractivity contribution is -0.162. The first-order valence-electron chi connectivity index (χ1n) is 4.72. The maximum atomic E-state index is 11.2. The highest BCUT2D eigenvalue weighted by molar-refractivity contribution is 5.78. The van der Waals surface area contributed by atoms with Gasteiger partial charge in [0.1, 0.15) is 0 Å². The Kier molecular flexibility index (Phi) is 5.26. The van der Waals surface area contributed by atoms with Gasteiger partial charge in [0.2, 0.25) is 0 Å². The molecule has 0 bridgehead atoms. The summed E-state index contributed by atoms with van der Waals surface area (Å²) in [7, 11) is 2.97. The summed E-state index contributed by atoms with van der Waals surface area (Å²) in [6, 6.07) is 2.09. The van der Waals surface area contributed by atoms with Crippen molar-refractivity contribution in [3.8, 4) is 6.07 Å². The van der Waals surface area contributed by atoms with Crippen molar-refractivity contribution in [3.05, 3.63) is 0 Å². The van der Waals surface area contributed by atoms with E-state index in [1.54, 1.807) is 18.9 Å². The van der Waals surface area contributed by atoms with Crippen molar-refractivity contribution >= 4 is 5.97 Å². The molecular formula is C10H18N2O3. The van der Waals surface area contributed by atoms with E-state index in [-0.39, 0.29) is 12.5 Å². The molecule has 0 spiro atoms. The highest BCUT2D eigenvalue weighted by Crippen LogP contribution is 2.08. The highest BCUT2D eigenvalue weighted by atomic mass is 16.5. The van der Waals surface area contributed by atoms with E-state index in [2.05, 4.69) is 10.8 Å². The molecule has 0 rings (SSSR count). The van der Waals surface area contributed by atoms with E-state index in [1.807, 2.05) is 0 Å². The molecule has 1 N–H and O–H groups in total. The first-order valence-corrected chi connectivity index (χ1v) is 4.72. The maximum absolute atomic E-state index is 11.2. The number of nitrogens with zero attached hydrogens (tertiary/aromatic N) is 2. The van der Waals surface area contributed by atoms with E-state index in [4.69, 9.17) is 5.26 Å². The molecular weight excluding hydrogens is 196 g/mol. The van der Waals surface area contributed by atoms with Crippen LogP contribution in [-0.4, -0.2) is 48.8 Å². The summed E-state index contributed by atoms with van der Waals surface area (Å²) in [6.45, 7) is 3.82. The average Bonchev–Trinajstić information content (AvgIpc) is 2.15. The van der Waals surface area contributed by atoms with Crippen LogP contribution in [0.25, 0.3) is 0 Å². The first kappa shape index (κ1) is 13.9. The normalized spacial score (nSPS) is 16.6. The summed E-state index contributed by atoms with van der Waals surface area (Å²) < 4.78 is 4.47. The Balaban J connectivity index is 4.22. The van der Waals surface area contributed by atoms with Crippen LogP contribution in [0.4, 0.5) is 0 Å². The number of rotatable bonds is 5. The zero-order chi connectivity index (χ0) is 12.1. The van der Waals surface area contributed by atoms with E-state index in [1.165, 1.54) is 14.0 Å². The number of carbonyl (C=O) groups is 1. The Hall–Kier alpha value is -1.12. The molecule has 2 unspecified atom stereocenters. The third-order valence-electron chi connectivity index (χ3n) is 2.01. The minimum absolute atomic E-state index is 0.136. The molecule has 0 saturated heterocycles. The number of carbonyl (C=O) groups excluding carboxylic acids is 1. The molecule has 0 aliphatic heterocycles. The second kappa shape index (κ2) is 5.69. The average molecular weight is 214 g/mol. The minimum Gasteiger partial charge on any atom is -0.467 e.